The van der Waals surface area contributed by atoms with Crippen LogP contribution >= 0.6 is 0 Å². The molecule has 88 valence electrons. The standard InChI is InChI=1S/C7H6N2.C6H5N3/c1-2-4-7-6(3-1)8-5-9-7;1-2-4-6-5(3-1)7-9-8-6/h1-5H,(H,8,9);1-4H,(H,7,8,9). The van der Waals surface area contributed by atoms with Gasteiger partial charge in [0.25, 0.3) is 0 Å². The Hall–Kier alpha value is -2.69. The van der Waals surface area contributed by atoms with Gasteiger partial charge in [0.05, 0.1) is 17.4 Å². The molecule has 0 saturated carbocycles. The summed E-state index contributed by atoms with van der Waals surface area (Å²) < 4.78 is 0. The largest absolute Gasteiger partial charge is 0.345 e. The van der Waals surface area contributed by atoms with E-state index in [1.807, 2.05) is 48.5 Å². The van der Waals surface area contributed by atoms with E-state index in [9.17, 15) is 0 Å². The lowest BCUT2D eigenvalue weighted by Gasteiger charge is -1.81. The average molecular weight is 237 g/mol. The zero-order chi connectivity index (χ0) is 12.2. The molecule has 0 fully saturated rings. The molecule has 0 atom stereocenters. The monoisotopic (exact) mass is 237 g/mol. The minimum atomic E-state index is 0.914. The van der Waals surface area contributed by atoms with E-state index in [2.05, 4.69) is 25.4 Å². The normalized spacial score (nSPS) is 10.2. The van der Waals surface area contributed by atoms with Crippen LogP contribution in [0.3, 0.4) is 0 Å². The molecule has 0 aliphatic carbocycles. The van der Waals surface area contributed by atoms with Crippen LogP contribution < -0.4 is 0 Å². The van der Waals surface area contributed by atoms with Crippen molar-refractivity contribution < 1.29 is 0 Å². The van der Waals surface area contributed by atoms with Crippen molar-refractivity contribution in [3.8, 4) is 0 Å². The van der Waals surface area contributed by atoms with Gasteiger partial charge in [-0.1, -0.05) is 24.3 Å². The van der Waals surface area contributed by atoms with Gasteiger partial charge >= 0.3 is 0 Å². The number of nitrogens with zero attached hydrogens (tertiary/aromatic N) is 3. The minimum absolute atomic E-state index is 0.914. The third kappa shape index (κ3) is 2.06. The van der Waals surface area contributed by atoms with Gasteiger partial charge in [-0.25, -0.2) is 4.98 Å². The molecule has 0 saturated heterocycles. The molecule has 4 rings (SSSR count). The molecule has 0 spiro atoms. The highest BCUT2D eigenvalue weighted by atomic mass is 15.3. The second kappa shape index (κ2) is 4.67. The molecule has 2 aromatic heterocycles. The van der Waals surface area contributed by atoms with Gasteiger partial charge in [-0.3, -0.25) is 0 Å². The number of rotatable bonds is 0. The topological polar surface area (TPSA) is 70.2 Å². The van der Waals surface area contributed by atoms with Crippen molar-refractivity contribution >= 4 is 22.1 Å². The number of benzene rings is 2. The highest BCUT2D eigenvalue weighted by Gasteiger charge is 1.90. The molecule has 2 N–H and O–H groups in total. The quantitative estimate of drug-likeness (QED) is 0.493. The Bertz CT molecular complexity index is 629. The SMILES string of the molecule is c1ccc2[nH]cnc2c1.c1ccc2n[nH]nc2c1. The number of H-pyrrole nitrogens is 2. The fourth-order valence-electron chi connectivity index (χ4n) is 1.67. The number of aromatic amines is 2. The van der Waals surface area contributed by atoms with Gasteiger partial charge in [-0.2, -0.15) is 15.4 Å². The first-order valence-corrected chi connectivity index (χ1v) is 5.57. The summed E-state index contributed by atoms with van der Waals surface area (Å²) >= 11 is 0. The number of para-hydroxylation sites is 4. The molecular weight excluding hydrogens is 226 g/mol. The van der Waals surface area contributed by atoms with Crippen LogP contribution in [0.15, 0.2) is 54.9 Å². The second-order valence-corrected chi connectivity index (χ2v) is 3.73. The summed E-state index contributed by atoms with van der Waals surface area (Å²) in [6.07, 6.45) is 1.70. The van der Waals surface area contributed by atoms with E-state index in [0.717, 1.165) is 22.1 Å². The summed E-state index contributed by atoms with van der Waals surface area (Å²) in [6.45, 7) is 0. The number of imidazole rings is 1. The molecular formula is C13H11N5. The van der Waals surface area contributed by atoms with E-state index in [-0.39, 0.29) is 0 Å². The summed E-state index contributed by atoms with van der Waals surface area (Å²) in [5, 5.41) is 10.3. The second-order valence-electron chi connectivity index (χ2n) is 3.73. The van der Waals surface area contributed by atoms with E-state index in [1.54, 1.807) is 6.33 Å². The van der Waals surface area contributed by atoms with Gasteiger partial charge in [0.1, 0.15) is 11.0 Å². The molecule has 5 nitrogen and oxygen atoms in total. The van der Waals surface area contributed by atoms with Gasteiger partial charge in [0.15, 0.2) is 0 Å². The smallest absolute Gasteiger partial charge is 0.112 e. The van der Waals surface area contributed by atoms with Gasteiger partial charge in [-0.15, -0.1) is 0 Å². The van der Waals surface area contributed by atoms with E-state index < -0.39 is 0 Å². The number of fused-ring (bicyclic) bond motifs is 2. The Labute approximate surface area is 103 Å². The maximum atomic E-state index is 4.06. The van der Waals surface area contributed by atoms with Crippen LogP contribution in [0.5, 0.6) is 0 Å². The first-order chi connectivity index (χ1) is 8.93. The molecule has 0 aliphatic rings. The summed E-state index contributed by atoms with van der Waals surface area (Å²) in [5.41, 5.74) is 3.95. The van der Waals surface area contributed by atoms with Crippen LogP contribution in [0, 0.1) is 0 Å². The first kappa shape index (κ1) is 10.5. The van der Waals surface area contributed by atoms with Crippen molar-refractivity contribution in [2.24, 2.45) is 0 Å². The van der Waals surface area contributed by atoms with Crippen molar-refractivity contribution in [1.29, 1.82) is 0 Å². The molecule has 0 amide bonds. The fraction of sp³-hybridized carbons (Fsp3) is 0. The lowest BCUT2D eigenvalue weighted by Crippen LogP contribution is -1.63. The molecule has 2 aromatic carbocycles. The molecule has 0 unspecified atom stereocenters. The number of aromatic nitrogens is 5. The number of nitrogens with one attached hydrogen (secondary N) is 2. The van der Waals surface area contributed by atoms with Crippen molar-refractivity contribution in [2.75, 3.05) is 0 Å². The van der Waals surface area contributed by atoms with Gasteiger partial charge in [0.2, 0.25) is 0 Å². The lowest BCUT2D eigenvalue weighted by molar-refractivity contribution is 0.959. The Kier molecular flexibility index (Phi) is 2.71. The van der Waals surface area contributed by atoms with E-state index in [4.69, 9.17) is 0 Å². The molecule has 2 heterocycles. The van der Waals surface area contributed by atoms with Gasteiger partial charge in [0, 0.05) is 0 Å². The third-order valence-corrected chi connectivity index (χ3v) is 2.55. The molecule has 4 aromatic rings. The maximum Gasteiger partial charge on any atom is 0.112 e. The van der Waals surface area contributed by atoms with Crippen LogP contribution in [0.25, 0.3) is 22.1 Å². The van der Waals surface area contributed by atoms with Crippen molar-refractivity contribution in [3.05, 3.63) is 54.9 Å². The van der Waals surface area contributed by atoms with E-state index >= 15 is 0 Å². The zero-order valence-electron chi connectivity index (χ0n) is 9.54. The number of hydrogen-bond donors (Lipinski definition) is 2. The predicted molar refractivity (Wildman–Crippen MR) is 70.0 cm³/mol. The zero-order valence-corrected chi connectivity index (χ0v) is 9.54. The lowest BCUT2D eigenvalue weighted by atomic mass is 10.3. The van der Waals surface area contributed by atoms with Crippen molar-refractivity contribution in [3.63, 3.8) is 0 Å². The highest BCUT2D eigenvalue weighted by Crippen LogP contribution is 2.05. The predicted octanol–water partition coefficient (Wildman–Crippen LogP) is 2.52. The number of hydrogen-bond acceptors (Lipinski definition) is 3. The fourth-order valence-corrected chi connectivity index (χ4v) is 1.67. The molecule has 0 aliphatic heterocycles. The molecule has 5 heteroatoms. The summed E-state index contributed by atoms with van der Waals surface area (Å²) in [4.78, 5) is 7.07. The van der Waals surface area contributed by atoms with Crippen LogP contribution in [0.4, 0.5) is 0 Å². The molecule has 0 bridgehead atoms. The highest BCUT2D eigenvalue weighted by molar-refractivity contribution is 5.73. The Morgan fingerprint density at radius 1 is 0.722 bits per heavy atom. The van der Waals surface area contributed by atoms with Crippen LogP contribution in [-0.2, 0) is 0 Å². The Balaban J connectivity index is 0.000000111. The Morgan fingerprint density at radius 2 is 1.33 bits per heavy atom. The maximum absolute atomic E-state index is 4.06. The molecule has 18 heavy (non-hydrogen) atoms. The van der Waals surface area contributed by atoms with E-state index in [0.29, 0.717) is 0 Å². The molecule has 0 radical (unpaired) electrons. The van der Waals surface area contributed by atoms with E-state index in [1.165, 1.54) is 0 Å². The minimum Gasteiger partial charge on any atom is -0.345 e. The average Bonchev–Trinajstić information content (AvgIpc) is 3.08. The Morgan fingerprint density at radius 3 is 2.00 bits per heavy atom. The summed E-state index contributed by atoms with van der Waals surface area (Å²) in [5.74, 6) is 0. The summed E-state index contributed by atoms with van der Waals surface area (Å²) in [6, 6.07) is 15.6. The van der Waals surface area contributed by atoms with Crippen LogP contribution in [0.2, 0.25) is 0 Å². The van der Waals surface area contributed by atoms with Gasteiger partial charge < -0.3 is 4.98 Å². The van der Waals surface area contributed by atoms with Crippen LogP contribution in [0.1, 0.15) is 0 Å². The third-order valence-electron chi connectivity index (χ3n) is 2.55. The van der Waals surface area contributed by atoms with Crippen molar-refractivity contribution in [2.45, 2.75) is 0 Å². The first-order valence-electron chi connectivity index (χ1n) is 5.57. The van der Waals surface area contributed by atoms with Crippen molar-refractivity contribution in [1.82, 2.24) is 25.4 Å². The summed E-state index contributed by atoms with van der Waals surface area (Å²) in [7, 11) is 0. The van der Waals surface area contributed by atoms with Gasteiger partial charge in [-0.05, 0) is 24.3 Å². The van der Waals surface area contributed by atoms with Crippen LogP contribution in [-0.4, -0.2) is 25.4 Å².